The van der Waals surface area contributed by atoms with Crippen LogP contribution in [0.5, 0.6) is 0 Å². The molecule has 0 saturated heterocycles. The monoisotopic (exact) mass is 182 g/mol. The SMILES string of the molecule is CC(=O)OCCC=C1CCCCC1. The van der Waals surface area contributed by atoms with Crippen LogP contribution in [-0.2, 0) is 9.53 Å². The normalized spacial score (nSPS) is 16.8. The smallest absolute Gasteiger partial charge is 0.302 e. The van der Waals surface area contributed by atoms with Gasteiger partial charge in [-0.3, -0.25) is 4.79 Å². The van der Waals surface area contributed by atoms with Gasteiger partial charge in [0.05, 0.1) is 6.61 Å². The summed E-state index contributed by atoms with van der Waals surface area (Å²) in [6, 6.07) is 0. The lowest BCUT2D eigenvalue weighted by Crippen LogP contribution is -2.00. The second-order valence-electron chi connectivity index (χ2n) is 3.55. The van der Waals surface area contributed by atoms with Crippen molar-refractivity contribution in [2.75, 3.05) is 6.61 Å². The molecule has 1 rings (SSSR count). The predicted octanol–water partition coefficient (Wildman–Crippen LogP) is 2.83. The lowest BCUT2D eigenvalue weighted by atomic mass is 9.94. The van der Waals surface area contributed by atoms with Gasteiger partial charge in [-0.25, -0.2) is 0 Å². The van der Waals surface area contributed by atoms with Crippen molar-refractivity contribution >= 4 is 5.97 Å². The van der Waals surface area contributed by atoms with Gasteiger partial charge in [-0.05, 0) is 32.1 Å². The van der Waals surface area contributed by atoms with Crippen molar-refractivity contribution in [3.8, 4) is 0 Å². The highest BCUT2D eigenvalue weighted by atomic mass is 16.5. The van der Waals surface area contributed by atoms with Crippen molar-refractivity contribution in [3.05, 3.63) is 11.6 Å². The molecule has 74 valence electrons. The standard InChI is InChI=1S/C11H18O2/c1-10(12)13-9-5-8-11-6-3-2-4-7-11/h8H,2-7,9H2,1H3. The summed E-state index contributed by atoms with van der Waals surface area (Å²) >= 11 is 0. The molecular weight excluding hydrogens is 164 g/mol. The van der Waals surface area contributed by atoms with Gasteiger partial charge in [0.15, 0.2) is 0 Å². The lowest BCUT2D eigenvalue weighted by Gasteiger charge is -2.13. The van der Waals surface area contributed by atoms with Crippen molar-refractivity contribution in [3.63, 3.8) is 0 Å². The third-order valence-electron chi connectivity index (χ3n) is 2.35. The summed E-state index contributed by atoms with van der Waals surface area (Å²) in [6.07, 6.45) is 9.66. The van der Waals surface area contributed by atoms with E-state index >= 15 is 0 Å². The third kappa shape index (κ3) is 4.71. The number of allylic oxidation sites excluding steroid dienone is 1. The van der Waals surface area contributed by atoms with E-state index in [2.05, 4.69) is 6.08 Å². The average molecular weight is 182 g/mol. The Morgan fingerprint density at radius 2 is 2.08 bits per heavy atom. The van der Waals surface area contributed by atoms with Crippen LogP contribution in [0.1, 0.15) is 45.4 Å². The zero-order chi connectivity index (χ0) is 9.52. The van der Waals surface area contributed by atoms with Gasteiger partial charge in [-0.2, -0.15) is 0 Å². The molecule has 0 aromatic carbocycles. The third-order valence-corrected chi connectivity index (χ3v) is 2.35. The minimum absolute atomic E-state index is 0.179. The number of hydrogen-bond acceptors (Lipinski definition) is 2. The minimum atomic E-state index is -0.179. The van der Waals surface area contributed by atoms with E-state index in [4.69, 9.17) is 4.74 Å². The van der Waals surface area contributed by atoms with Gasteiger partial charge in [0, 0.05) is 6.92 Å². The fourth-order valence-electron chi connectivity index (χ4n) is 1.68. The molecule has 0 aromatic rings. The Morgan fingerprint density at radius 3 is 2.69 bits per heavy atom. The Balaban J connectivity index is 2.11. The van der Waals surface area contributed by atoms with Gasteiger partial charge in [0.1, 0.15) is 0 Å². The van der Waals surface area contributed by atoms with E-state index in [9.17, 15) is 4.79 Å². The topological polar surface area (TPSA) is 26.3 Å². The molecule has 2 heteroatoms. The van der Waals surface area contributed by atoms with E-state index in [-0.39, 0.29) is 5.97 Å². The molecule has 1 aliphatic rings. The first kappa shape index (κ1) is 10.3. The van der Waals surface area contributed by atoms with E-state index < -0.39 is 0 Å². The van der Waals surface area contributed by atoms with E-state index in [1.54, 1.807) is 5.57 Å². The first-order valence-corrected chi connectivity index (χ1v) is 5.10. The zero-order valence-corrected chi connectivity index (χ0v) is 8.34. The van der Waals surface area contributed by atoms with Gasteiger partial charge in [0.25, 0.3) is 0 Å². The average Bonchev–Trinajstić information content (AvgIpc) is 2.14. The number of hydrogen-bond donors (Lipinski definition) is 0. The van der Waals surface area contributed by atoms with Crippen LogP contribution in [0.25, 0.3) is 0 Å². The van der Waals surface area contributed by atoms with E-state index in [1.165, 1.54) is 39.0 Å². The molecule has 0 aliphatic heterocycles. The molecular formula is C11H18O2. The molecule has 13 heavy (non-hydrogen) atoms. The number of carbonyl (C=O) groups excluding carboxylic acids is 1. The van der Waals surface area contributed by atoms with Gasteiger partial charge in [0.2, 0.25) is 0 Å². The highest BCUT2D eigenvalue weighted by Crippen LogP contribution is 2.22. The second kappa shape index (κ2) is 5.79. The predicted molar refractivity (Wildman–Crippen MR) is 52.4 cm³/mol. The van der Waals surface area contributed by atoms with Crippen molar-refractivity contribution < 1.29 is 9.53 Å². The van der Waals surface area contributed by atoms with Crippen molar-refractivity contribution in [2.45, 2.75) is 45.4 Å². The summed E-state index contributed by atoms with van der Waals surface area (Å²) in [4.78, 5) is 10.5. The Bertz CT molecular complexity index is 186. The maximum absolute atomic E-state index is 10.5. The molecule has 1 saturated carbocycles. The Hall–Kier alpha value is -0.790. The van der Waals surface area contributed by atoms with Gasteiger partial charge >= 0.3 is 5.97 Å². The highest BCUT2D eigenvalue weighted by Gasteiger charge is 2.03. The first-order chi connectivity index (χ1) is 6.29. The summed E-state index contributed by atoms with van der Waals surface area (Å²) in [7, 11) is 0. The molecule has 0 atom stereocenters. The van der Waals surface area contributed by atoms with Gasteiger partial charge in [-0.15, -0.1) is 0 Å². The van der Waals surface area contributed by atoms with Crippen molar-refractivity contribution in [1.82, 2.24) is 0 Å². The van der Waals surface area contributed by atoms with Crippen LogP contribution in [0.3, 0.4) is 0 Å². The van der Waals surface area contributed by atoms with Crippen LogP contribution in [0.4, 0.5) is 0 Å². The van der Waals surface area contributed by atoms with Gasteiger partial charge < -0.3 is 4.74 Å². The molecule has 0 heterocycles. The van der Waals surface area contributed by atoms with E-state index in [0.29, 0.717) is 6.61 Å². The zero-order valence-electron chi connectivity index (χ0n) is 8.34. The fraction of sp³-hybridized carbons (Fsp3) is 0.727. The maximum atomic E-state index is 10.5. The molecule has 1 fully saturated rings. The van der Waals surface area contributed by atoms with Crippen LogP contribution in [0, 0.1) is 0 Å². The second-order valence-corrected chi connectivity index (χ2v) is 3.55. The molecule has 2 nitrogen and oxygen atoms in total. The van der Waals surface area contributed by atoms with Crippen LogP contribution >= 0.6 is 0 Å². The van der Waals surface area contributed by atoms with Crippen molar-refractivity contribution in [2.24, 2.45) is 0 Å². The number of carbonyl (C=O) groups is 1. The largest absolute Gasteiger partial charge is 0.466 e. The number of ether oxygens (including phenoxy) is 1. The molecule has 0 aromatic heterocycles. The van der Waals surface area contributed by atoms with Crippen LogP contribution in [-0.4, -0.2) is 12.6 Å². The van der Waals surface area contributed by atoms with Crippen LogP contribution < -0.4 is 0 Å². The molecule has 0 amide bonds. The molecule has 0 bridgehead atoms. The Labute approximate surface area is 80.0 Å². The highest BCUT2D eigenvalue weighted by molar-refractivity contribution is 5.65. The summed E-state index contributed by atoms with van der Waals surface area (Å²) < 4.78 is 4.85. The molecule has 0 N–H and O–H groups in total. The van der Waals surface area contributed by atoms with Gasteiger partial charge in [-0.1, -0.05) is 18.1 Å². The van der Waals surface area contributed by atoms with Crippen LogP contribution in [0.2, 0.25) is 0 Å². The lowest BCUT2D eigenvalue weighted by molar-refractivity contribution is -0.140. The maximum Gasteiger partial charge on any atom is 0.302 e. The summed E-state index contributed by atoms with van der Waals surface area (Å²) in [6.45, 7) is 1.99. The molecule has 1 aliphatic carbocycles. The van der Waals surface area contributed by atoms with E-state index in [0.717, 1.165) is 6.42 Å². The number of rotatable bonds is 3. The Kier molecular flexibility index (Phi) is 4.58. The number of esters is 1. The summed E-state index contributed by atoms with van der Waals surface area (Å²) in [5.74, 6) is -0.179. The fourth-order valence-corrected chi connectivity index (χ4v) is 1.68. The molecule has 0 radical (unpaired) electrons. The molecule has 0 spiro atoms. The van der Waals surface area contributed by atoms with Crippen molar-refractivity contribution in [1.29, 1.82) is 0 Å². The minimum Gasteiger partial charge on any atom is -0.466 e. The summed E-state index contributed by atoms with van der Waals surface area (Å²) in [5.41, 5.74) is 1.55. The first-order valence-electron chi connectivity index (χ1n) is 5.10. The molecule has 0 unspecified atom stereocenters. The summed E-state index contributed by atoms with van der Waals surface area (Å²) in [5, 5.41) is 0. The van der Waals surface area contributed by atoms with Crippen LogP contribution in [0.15, 0.2) is 11.6 Å². The quantitative estimate of drug-likeness (QED) is 0.381. The van der Waals surface area contributed by atoms with E-state index in [1.807, 2.05) is 0 Å². The Morgan fingerprint density at radius 1 is 1.38 bits per heavy atom.